The van der Waals surface area contributed by atoms with Gasteiger partial charge in [-0.25, -0.2) is 0 Å². The van der Waals surface area contributed by atoms with Crippen LogP contribution in [0, 0.1) is 0 Å². The van der Waals surface area contributed by atoms with Crippen molar-refractivity contribution >= 4 is 54.3 Å². The molecule has 1 nitrogen and oxygen atoms in total. The third kappa shape index (κ3) is 4.11. The van der Waals surface area contributed by atoms with Crippen molar-refractivity contribution in [2.45, 2.75) is 19.3 Å². The third-order valence-corrected chi connectivity index (χ3v) is 11.6. The molecule has 1 heterocycles. The first-order valence-electron chi connectivity index (χ1n) is 18.2. The summed E-state index contributed by atoms with van der Waals surface area (Å²) in [6, 6.07) is 62.4. The second-order valence-corrected chi connectivity index (χ2v) is 14.8. The van der Waals surface area contributed by atoms with Gasteiger partial charge in [-0.2, -0.15) is 0 Å². The van der Waals surface area contributed by atoms with Gasteiger partial charge in [0.05, 0.1) is 0 Å². The average molecular weight is 663 g/mol. The quantitative estimate of drug-likeness (QED) is 0.172. The van der Waals surface area contributed by atoms with Crippen molar-refractivity contribution in [1.29, 1.82) is 0 Å². The minimum atomic E-state index is -0.111. The molecular formula is C51H34O. The first-order valence-corrected chi connectivity index (χ1v) is 18.2. The molecule has 0 spiro atoms. The van der Waals surface area contributed by atoms with Crippen LogP contribution in [0.1, 0.15) is 25.0 Å². The molecule has 0 bridgehead atoms. The van der Waals surface area contributed by atoms with Crippen LogP contribution in [-0.4, -0.2) is 0 Å². The predicted molar refractivity (Wildman–Crippen MR) is 220 cm³/mol. The Morgan fingerprint density at radius 1 is 0.346 bits per heavy atom. The summed E-state index contributed by atoms with van der Waals surface area (Å²) in [7, 11) is 0. The molecule has 1 aromatic heterocycles. The maximum atomic E-state index is 6.40. The average Bonchev–Trinajstić information content (AvgIpc) is 3.67. The van der Waals surface area contributed by atoms with Gasteiger partial charge in [0.2, 0.25) is 0 Å². The van der Waals surface area contributed by atoms with E-state index in [1.54, 1.807) is 0 Å². The van der Waals surface area contributed by atoms with Gasteiger partial charge in [0.25, 0.3) is 0 Å². The van der Waals surface area contributed by atoms with Gasteiger partial charge in [0.1, 0.15) is 11.2 Å². The molecule has 1 aliphatic rings. The largest absolute Gasteiger partial charge is 0.456 e. The molecule has 0 atom stereocenters. The Labute approximate surface area is 302 Å². The van der Waals surface area contributed by atoms with E-state index in [2.05, 4.69) is 178 Å². The molecule has 0 aliphatic heterocycles. The molecule has 244 valence electrons. The zero-order valence-corrected chi connectivity index (χ0v) is 29.1. The third-order valence-electron chi connectivity index (χ3n) is 11.6. The summed E-state index contributed by atoms with van der Waals surface area (Å²) in [5.74, 6) is 0. The van der Waals surface area contributed by atoms with Gasteiger partial charge in [-0.1, -0.05) is 153 Å². The number of hydrogen-bond acceptors (Lipinski definition) is 1. The van der Waals surface area contributed by atoms with Crippen molar-refractivity contribution in [2.24, 2.45) is 0 Å². The van der Waals surface area contributed by atoms with Crippen molar-refractivity contribution in [1.82, 2.24) is 0 Å². The van der Waals surface area contributed by atoms with Gasteiger partial charge in [0, 0.05) is 16.2 Å². The SMILES string of the molecule is CC1(C)c2ccc(-c3cccc(-c4c5ccccc5c(-c5ccccc5)c5ccccc45)c3)cc2-c2c1ccc1cc3c(cc21)oc1ccccc13. The molecule has 1 aliphatic carbocycles. The monoisotopic (exact) mass is 662 g/mol. The van der Waals surface area contributed by atoms with E-state index >= 15 is 0 Å². The molecule has 10 aromatic rings. The fraction of sp³-hybridized carbons (Fsp3) is 0.0588. The van der Waals surface area contributed by atoms with Crippen LogP contribution in [0.5, 0.6) is 0 Å². The first-order chi connectivity index (χ1) is 25.5. The minimum absolute atomic E-state index is 0.111. The summed E-state index contributed by atoms with van der Waals surface area (Å²) >= 11 is 0. The van der Waals surface area contributed by atoms with E-state index in [9.17, 15) is 0 Å². The highest BCUT2D eigenvalue weighted by atomic mass is 16.3. The summed E-state index contributed by atoms with van der Waals surface area (Å²) in [6.45, 7) is 4.72. The van der Waals surface area contributed by atoms with E-state index in [1.807, 2.05) is 6.07 Å². The van der Waals surface area contributed by atoms with Crippen LogP contribution in [0.4, 0.5) is 0 Å². The van der Waals surface area contributed by atoms with E-state index < -0.39 is 0 Å². The van der Waals surface area contributed by atoms with Gasteiger partial charge in [-0.3, -0.25) is 0 Å². The highest BCUT2D eigenvalue weighted by Gasteiger charge is 2.36. The highest BCUT2D eigenvalue weighted by molar-refractivity contribution is 6.21. The molecule has 0 radical (unpaired) electrons. The van der Waals surface area contributed by atoms with Crippen LogP contribution in [-0.2, 0) is 5.41 Å². The van der Waals surface area contributed by atoms with Gasteiger partial charge < -0.3 is 4.42 Å². The summed E-state index contributed by atoms with van der Waals surface area (Å²) in [5.41, 5.74) is 14.6. The van der Waals surface area contributed by atoms with E-state index in [-0.39, 0.29) is 5.41 Å². The Balaban J connectivity index is 1.11. The number of fused-ring (bicyclic) bond motifs is 10. The lowest BCUT2D eigenvalue weighted by molar-refractivity contribution is 0.660. The first kappa shape index (κ1) is 29.3. The molecule has 52 heavy (non-hydrogen) atoms. The molecule has 9 aromatic carbocycles. The van der Waals surface area contributed by atoms with Crippen LogP contribution in [0.25, 0.3) is 98.8 Å². The van der Waals surface area contributed by atoms with E-state index in [0.29, 0.717) is 0 Å². The Hall–Kier alpha value is -6.44. The smallest absolute Gasteiger partial charge is 0.136 e. The van der Waals surface area contributed by atoms with E-state index in [0.717, 1.165) is 16.6 Å². The number of para-hydroxylation sites is 1. The van der Waals surface area contributed by atoms with Crippen LogP contribution in [0.15, 0.2) is 174 Å². The Morgan fingerprint density at radius 2 is 0.923 bits per heavy atom. The standard InChI is InChI=1S/C51H34O/c1-51(2)44-25-23-33(28-43(44)50-41-30-47-42(29-34(41)24-26-45(50)51)36-17-10-11-22-46(36)52-47)32-15-12-16-35(27-32)49-39-20-8-6-18-37(39)48(31-13-4-3-5-14-31)38-19-7-9-21-40(38)49/h3-30H,1-2H3. The molecule has 0 N–H and O–H groups in total. The zero-order chi connectivity index (χ0) is 34.6. The number of hydrogen-bond donors (Lipinski definition) is 0. The highest BCUT2D eigenvalue weighted by Crippen LogP contribution is 2.53. The lowest BCUT2D eigenvalue weighted by Crippen LogP contribution is -2.14. The fourth-order valence-electron chi connectivity index (χ4n) is 9.19. The van der Waals surface area contributed by atoms with Crippen molar-refractivity contribution in [2.75, 3.05) is 0 Å². The lowest BCUT2D eigenvalue weighted by Gasteiger charge is -2.21. The topological polar surface area (TPSA) is 13.1 Å². The van der Waals surface area contributed by atoms with Crippen LogP contribution in [0.2, 0.25) is 0 Å². The molecule has 0 unspecified atom stereocenters. The molecule has 11 rings (SSSR count). The zero-order valence-electron chi connectivity index (χ0n) is 29.1. The normalized spacial score (nSPS) is 13.3. The number of rotatable bonds is 3. The van der Waals surface area contributed by atoms with Crippen molar-refractivity contribution in [3.8, 4) is 44.5 Å². The Morgan fingerprint density at radius 3 is 1.65 bits per heavy atom. The molecule has 0 saturated heterocycles. The van der Waals surface area contributed by atoms with Crippen molar-refractivity contribution in [3.63, 3.8) is 0 Å². The van der Waals surface area contributed by atoms with E-state index in [4.69, 9.17) is 4.42 Å². The molecule has 0 saturated carbocycles. The molecule has 1 heteroatoms. The van der Waals surface area contributed by atoms with Crippen LogP contribution < -0.4 is 0 Å². The lowest BCUT2D eigenvalue weighted by atomic mass is 9.81. The van der Waals surface area contributed by atoms with Crippen molar-refractivity contribution in [3.05, 3.63) is 181 Å². The van der Waals surface area contributed by atoms with E-state index in [1.165, 1.54) is 93.3 Å². The Bertz CT molecular complexity index is 3030. The van der Waals surface area contributed by atoms with Gasteiger partial charge in [-0.05, 0) is 118 Å². The van der Waals surface area contributed by atoms with Gasteiger partial charge in [0.15, 0.2) is 0 Å². The van der Waals surface area contributed by atoms with Crippen LogP contribution >= 0.6 is 0 Å². The number of furan rings is 1. The summed E-state index contributed by atoms with van der Waals surface area (Å²) in [5, 5.41) is 9.91. The summed E-state index contributed by atoms with van der Waals surface area (Å²) < 4.78 is 6.40. The fourth-order valence-corrected chi connectivity index (χ4v) is 9.19. The van der Waals surface area contributed by atoms with Gasteiger partial charge in [-0.15, -0.1) is 0 Å². The summed E-state index contributed by atoms with van der Waals surface area (Å²) in [6.07, 6.45) is 0. The number of benzene rings is 9. The van der Waals surface area contributed by atoms with Crippen molar-refractivity contribution < 1.29 is 4.42 Å². The maximum Gasteiger partial charge on any atom is 0.136 e. The van der Waals surface area contributed by atoms with Gasteiger partial charge >= 0.3 is 0 Å². The predicted octanol–water partition coefficient (Wildman–Crippen LogP) is 14.4. The second kappa shape index (κ2) is 10.8. The molecule has 0 fully saturated rings. The summed E-state index contributed by atoms with van der Waals surface area (Å²) in [4.78, 5) is 0. The molecular weight excluding hydrogens is 629 g/mol. The molecule has 0 amide bonds. The van der Waals surface area contributed by atoms with Crippen LogP contribution in [0.3, 0.4) is 0 Å². The Kier molecular flexibility index (Phi) is 6.08. The minimum Gasteiger partial charge on any atom is -0.456 e. The maximum absolute atomic E-state index is 6.40. The second-order valence-electron chi connectivity index (χ2n) is 14.8.